The fourth-order valence-corrected chi connectivity index (χ4v) is 6.91. The van der Waals surface area contributed by atoms with Gasteiger partial charge in [-0.3, -0.25) is 4.79 Å². The second-order valence-electron chi connectivity index (χ2n) is 11.6. The normalized spacial score (nSPS) is 12.4. The van der Waals surface area contributed by atoms with E-state index in [-0.39, 0.29) is 46.0 Å². The van der Waals surface area contributed by atoms with Crippen LogP contribution in [0.25, 0.3) is 33.0 Å². The molecular weight excluding hydrogens is 597 g/mol. The summed E-state index contributed by atoms with van der Waals surface area (Å²) in [5, 5.41) is 5.18. The van der Waals surface area contributed by atoms with Crippen molar-refractivity contribution in [2.24, 2.45) is 0 Å². The maximum Gasteiger partial charge on any atom is 0.183 e. The summed E-state index contributed by atoms with van der Waals surface area (Å²) >= 11 is 0. The number of ketones is 1. The van der Waals surface area contributed by atoms with Gasteiger partial charge in [0.05, 0.1) is 22.5 Å². The summed E-state index contributed by atoms with van der Waals surface area (Å²) in [4.78, 5) is 12.5. The molecule has 12 heteroatoms. The van der Waals surface area contributed by atoms with Crippen LogP contribution < -0.4 is 0 Å². The third-order valence-corrected chi connectivity index (χ3v) is 10.6. The number of rotatable bonds is 11. The van der Waals surface area contributed by atoms with Crippen molar-refractivity contribution in [1.29, 1.82) is 0 Å². The van der Waals surface area contributed by atoms with Gasteiger partial charge in [-0.2, -0.15) is 5.10 Å². The van der Waals surface area contributed by atoms with Crippen LogP contribution >= 0.6 is 0 Å². The number of hydrogen-bond acceptors (Lipinski definition) is 6. The lowest BCUT2D eigenvalue weighted by Crippen LogP contribution is -2.22. The summed E-state index contributed by atoms with van der Waals surface area (Å²) < 4.78 is 85.9. The van der Waals surface area contributed by atoms with E-state index < -0.39 is 52.2 Å². The van der Waals surface area contributed by atoms with Gasteiger partial charge in [-0.25, -0.2) is 26.3 Å². The van der Waals surface area contributed by atoms with E-state index in [0.717, 1.165) is 18.2 Å². The number of Topliss-reactive ketones (excluding diaryl/α,β-unsaturated/α-hetero) is 1. The number of halogens is 3. The van der Waals surface area contributed by atoms with Gasteiger partial charge in [-0.05, 0) is 36.4 Å². The Kier molecular flexibility index (Phi) is 8.38. The zero-order valence-corrected chi connectivity index (χ0v) is 26.0. The summed E-state index contributed by atoms with van der Waals surface area (Å²) in [5.74, 6) is -4.40. The highest BCUT2D eigenvalue weighted by Gasteiger charge is 2.27. The van der Waals surface area contributed by atoms with Gasteiger partial charge >= 0.3 is 0 Å². The van der Waals surface area contributed by atoms with Gasteiger partial charge in [0.25, 0.3) is 0 Å². The molecule has 0 saturated heterocycles. The molecule has 5 rings (SSSR count). The van der Waals surface area contributed by atoms with Crippen molar-refractivity contribution in [3.05, 3.63) is 83.5 Å². The minimum absolute atomic E-state index is 0.0334. The van der Waals surface area contributed by atoms with Crippen LogP contribution in [0.5, 0.6) is 0 Å². The van der Waals surface area contributed by atoms with E-state index in [1.807, 2.05) is 0 Å². The molecule has 0 fully saturated rings. The van der Waals surface area contributed by atoms with Gasteiger partial charge in [-0.15, -0.1) is 0 Å². The Morgan fingerprint density at radius 1 is 1.02 bits per heavy atom. The minimum atomic E-state index is -4.08. The van der Waals surface area contributed by atoms with Crippen LogP contribution in [0.15, 0.2) is 64.1 Å². The molecule has 0 saturated carbocycles. The third kappa shape index (κ3) is 6.17. The van der Waals surface area contributed by atoms with E-state index >= 15 is 13.2 Å². The third-order valence-electron chi connectivity index (χ3n) is 7.22. The van der Waals surface area contributed by atoms with Crippen LogP contribution in [0.3, 0.4) is 0 Å². The van der Waals surface area contributed by atoms with E-state index in [2.05, 4.69) is 24.7 Å². The van der Waals surface area contributed by atoms with Crippen molar-refractivity contribution in [1.82, 2.24) is 9.78 Å². The molecule has 0 aliphatic carbocycles. The first-order chi connectivity index (χ1) is 20.3. The Balaban J connectivity index is 1.56. The molecule has 0 amide bonds. The standard InChI is InChI=1S/C31H31F3N2O5SSi/c1-5-25(37)30-23-10-9-22(29(34)31(23)36(35-30)18-40-14-15-43(2,3)4)27-24(32)11-7-20(28(27)33)17-42(38,39)21-8-6-19-12-13-41-26(19)16-21/h6-13,16H,5,14-15,17-18H2,1-4H3. The first-order valence-electron chi connectivity index (χ1n) is 13.8. The molecule has 0 radical (unpaired) electrons. The largest absolute Gasteiger partial charge is 0.464 e. The van der Waals surface area contributed by atoms with Crippen LogP contribution in [0, 0.1) is 17.5 Å². The van der Waals surface area contributed by atoms with Crippen LogP contribution in [0.2, 0.25) is 25.7 Å². The maximum absolute atomic E-state index is 16.2. The average Bonchev–Trinajstić information content (AvgIpc) is 3.57. The lowest BCUT2D eigenvalue weighted by molar-refractivity contribution is 0.0804. The van der Waals surface area contributed by atoms with E-state index in [4.69, 9.17) is 9.15 Å². The summed E-state index contributed by atoms with van der Waals surface area (Å²) in [5.41, 5.74) is -1.24. The number of hydrogen-bond donors (Lipinski definition) is 0. The quantitative estimate of drug-likeness (QED) is 0.0844. The smallest absolute Gasteiger partial charge is 0.183 e. The van der Waals surface area contributed by atoms with Crippen molar-refractivity contribution in [3.63, 3.8) is 0 Å². The molecule has 0 bridgehead atoms. The number of furan rings is 1. The molecule has 226 valence electrons. The molecule has 5 aromatic rings. The average molecular weight is 629 g/mol. The van der Waals surface area contributed by atoms with Gasteiger partial charge in [0.15, 0.2) is 21.4 Å². The topological polar surface area (TPSA) is 91.4 Å². The second kappa shape index (κ2) is 11.7. The maximum atomic E-state index is 16.2. The SMILES string of the molecule is CCC(=O)c1nn(COCC[Si](C)(C)C)c2c(F)c(-c3c(F)ccc(CS(=O)(=O)c4ccc5ccoc5c4)c3F)ccc12. The van der Waals surface area contributed by atoms with Crippen molar-refractivity contribution >= 4 is 45.6 Å². The second-order valence-corrected chi connectivity index (χ2v) is 19.2. The Bertz CT molecular complexity index is 1960. The van der Waals surface area contributed by atoms with E-state index in [1.165, 1.54) is 35.2 Å². The molecule has 7 nitrogen and oxygen atoms in total. The van der Waals surface area contributed by atoms with Crippen molar-refractivity contribution in [3.8, 4) is 11.1 Å². The molecule has 43 heavy (non-hydrogen) atoms. The lowest BCUT2D eigenvalue weighted by atomic mass is 9.99. The van der Waals surface area contributed by atoms with Crippen molar-refractivity contribution < 1.29 is 35.5 Å². The first-order valence-corrected chi connectivity index (χ1v) is 19.1. The van der Waals surface area contributed by atoms with Gasteiger partial charge in [0, 0.05) is 49.1 Å². The van der Waals surface area contributed by atoms with Gasteiger partial charge in [0.1, 0.15) is 35.2 Å². The Morgan fingerprint density at radius 2 is 1.79 bits per heavy atom. The highest BCUT2D eigenvalue weighted by molar-refractivity contribution is 7.90. The predicted octanol–water partition coefficient (Wildman–Crippen LogP) is 7.75. The molecule has 0 spiro atoms. The van der Waals surface area contributed by atoms with Crippen LogP contribution in [0.1, 0.15) is 29.4 Å². The zero-order valence-electron chi connectivity index (χ0n) is 24.2. The Morgan fingerprint density at radius 3 is 2.51 bits per heavy atom. The number of fused-ring (bicyclic) bond motifs is 2. The van der Waals surface area contributed by atoms with Crippen molar-refractivity contribution in [2.75, 3.05) is 6.61 Å². The zero-order chi connectivity index (χ0) is 31.1. The number of ether oxygens (including phenoxy) is 1. The van der Waals surface area contributed by atoms with E-state index in [9.17, 15) is 13.2 Å². The number of aromatic nitrogens is 2. The number of nitrogens with zero attached hydrogens (tertiary/aromatic N) is 2. The number of benzene rings is 3. The fraction of sp³-hybridized carbons (Fsp3) is 0.290. The highest BCUT2D eigenvalue weighted by Crippen LogP contribution is 2.36. The molecule has 0 N–H and O–H groups in total. The molecule has 0 aliphatic heterocycles. The van der Waals surface area contributed by atoms with Gasteiger partial charge in [-0.1, -0.05) is 38.7 Å². The van der Waals surface area contributed by atoms with E-state index in [0.29, 0.717) is 17.6 Å². The predicted molar refractivity (Wildman–Crippen MR) is 161 cm³/mol. The molecular formula is C31H31F3N2O5SSi. The van der Waals surface area contributed by atoms with Crippen molar-refractivity contribution in [2.45, 2.75) is 56.4 Å². The molecule has 0 aliphatic rings. The molecule has 0 unspecified atom stereocenters. The summed E-state index contributed by atoms with van der Waals surface area (Å²) in [6.45, 7) is 8.44. The summed E-state index contributed by atoms with van der Waals surface area (Å²) in [6.07, 6.45) is 1.55. The number of carbonyl (C=O) groups is 1. The number of carbonyl (C=O) groups excluding carboxylic acids is 1. The van der Waals surface area contributed by atoms with Crippen LogP contribution in [-0.4, -0.2) is 38.7 Å². The monoisotopic (exact) mass is 628 g/mol. The molecule has 0 atom stereocenters. The van der Waals surface area contributed by atoms with Crippen LogP contribution in [0.4, 0.5) is 13.2 Å². The first kappa shape index (κ1) is 30.7. The minimum Gasteiger partial charge on any atom is -0.464 e. The van der Waals surface area contributed by atoms with Gasteiger partial charge < -0.3 is 9.15 Å². The molecule has 2 heterocycles. The Labute approximate surface area is 248 Å². The fourth-order valence-electron chi connectivity index (χ4n) is 4.79. The van der Waals surface area contributed by atoms with Crippen LogP contribution in [-0.2, 0) is 27.1 Å². The lowest BCUT2D eigenvalue weighted by Gasteiger charge is -2.16. The Hall–Kier alpha value is -3.74. The summed E-state index contributed by atoms with van der Waals surface area (Å²) in [7, 11) is -5.49. The van der Waals surface area contributed by atoms with E-state index in [1.54, 1.807) is 19.1 Å². The molecule has 2 aromatic heterocycles. The molecule has 3 aromatic carbocycles. The van der Waals surface area contributed by atoms with Gasteiger partial charge in [0.2, 0.25) is 0 Å². The summed E-state index contributed by atoms with van der Waals surface area (Å²) in [6, 6.07) is 11.3. The highest BCUT2D eigenvalue weighted by atomic mass is 32.2. The number of sulfone groups is 1.